The molecule has 0 spiro atoms. The number of guanidine groups is 1. The van der Waals surface area contributed by atoms with E-state index in [1.807, 2.05) is 49.4 Å². The first kappa shape index (κ1) is 28.6. The molecule has 9 heteroatoms. The van der Waals surface area contributed by atoms with Crippen molar-refractivity contribution in [3.8, 4) is 5.75 Å². The molecule has 0 aliphatic carbocycles. The summed E-state index contributed by atoms with van der Waals surface area (Å²) in [5, 5.41) is 15.5. The second-order valence-corrected chi connectivity index (χ2v) is 8.22. The third kappa shape index (κ3) is 13.0. The molecule has 0 radical (unpaired) electrons. The fourth-order valence-electron chi connectivity index (χ4n) is 2.75. The lowest BCUT2D eigenvalue weighted by molar-refractivity contribution is -0.701. The zero-order chi connectivity index (χ0) is 24.3. The Morgan fingerprint density at radius 2 is 1.58 bits per heavy atom. The fourth-order valence-corrected chi connectivity index (χ4v) is 3.51. The second-order valence-electron chi connectivity index (χ2n) is 7.12. The quantitative estimate of drug-likeness (QED) is 0.143. The SMILES string of the molecule is CCNC(NCC)=[NH+]CNC(NCC)[NH2+]CC.Cc1ccc(OS(=O)c2ccccc2)cc1. The van der Waals surface area contributed by atoms with Crippen LogP contribution < -0.4 is 35.8 Å². The van der Waals surface area contributed by atoms with Gasteiger partial charge in [-0.1, -0.05) is 42.8 Å². The van der Waals surface area contributed by atoms with Gasteiger partial charge in [-0.15, -0.1) is 0 Å². The topological polar surface area (TPSA) is 105 Å². The molecule has 184 valence electrons. The van der Waals surface area contributed by atoms with E-state index in [9.17, 15) is 4.21 Å². The molecular formula is C24H42N6O2S+2. The zero-order valence-electron chi connectivity index (χ0n) is 20.6. The molecule has 0 amide bonds. The lowest BCUT2D eigenvalue weighted by Crippen LogP contribution is -2.98. The van der Waals surface area contributed by atoms with Gasteiger partial charge in [-0.05, 0) is 58.5 Å². The van der Waals surface area contributed by atoms with Crippen molar-refractivity contribution in [1.82, 2.24) is 21.3 Å². The van der Waals surface area contributed by atoms with E-state index in [0.29, 0.717) is 10.6 Å². The molecule has 2 atom stereocenters. The molecule has 0 fully saturated rings. The number of quaternary nitrogens is 1. The van der Waals surface area contributed by atoms with Crippen molar-refractivity contribution in [1.29, 1.82) is 0 Å². The molecule has 0 aliphatic rings. The summed E-state index contributed by atoms with van der Waals surface area (Å²) in [6, 6.07) is 16.6. The molecule has 8 nitrogen and oxygen atoms in total. The number of hydrogen-bond donors (Lipinski definition) is 6. The van der Waals surface area contributed by atoms with Crippen molar-refractivity contribution in [3.63, 3.8) is 0 Å². The molecule has 0 saturated heterocycles. The third-order valence-corrected chi connectivity index (χ3v) is 5.32. The van der Waals surface area contributed by atoms with Gasteiger partial charge in [-0.3, -0.25) is 20.9 Å². The zero-order valence-corrected chi connectivity index (χ0v) is 21.4. The summed E-state index contributed by atoms with van der Waals surface area (Å²) in [5.74, 6) is 1.60. The summed E-state index contributed by atoms with van der Waals surface area (Å²) in [6.07, 6.45) is 0.266. The maximum Gasteiger partial charge on any atom is 0.344 e. The Bertz CT molecular complexity index is 788. The molecule has 2 aromatic rings. The average molecular weight is 479 g/mol. The predicted molar refractivity (Wildman–Crippen MR) is 136 cm³/mol. The number of nitrogens with two attached hydrogens (primary N) is 1. The van der Waals surface area contributed by atoms with E-state index in [0.717, 1.165) is 44.4 Å². The van der Waals surface area contributed by atoms with Crippen molar-refractivity contribution >= 4 is 17.0 Å². The summed E-state index contributed by atoms with van der Waals surface area (Å²) >= 11 is -1.44. The van der Waals surface area contributed by atoms with Crippen LogP contribution in [0.4, 0.5) is 0 Å². The minimum Gasteiger partial charge on any atom is -0.397 e. The van der Waals surface area contributed by atoms with Gasteiger partial charge in [0.05, 0.1) is 24.5 Å². The van der Waals surface area contributed by atoms with E-state index in [4.69, 9.17) is 4.18 Å². The van der Waals surface area contributed by atoms with Crippen LogP contribution in [0.2, 0.25) is 0 Å². The predicted octanol–water partition coefficient (Wildman–Crippen LogP) is -0.238. The normalized spacial score (nSPS) is 12.0. The summed E-state index contributed by atoms with van der Waals surface area (Å²) in [5.41, 5.74) is 1.15. The number of rotatable bonds is 12. The molecule has 2 unspecified atom stereocenters. The van der Waals surface area contributed by atoms with Crippen LogP contribution in [-0.2, 0) is 11.1 Å². The lowest BCUT2D eigenvalue weighted by Gasteiger charge is -2.15. The minimum absolute atomic E-state index is 0.266. The molecule has 0 aromatic heterocycles. The van der Waals surface area contributed by atoms with Crippen molar-refractivity contribution in [2.45, 2.75) is 45.8 Å². The minimum atomic E-state index is -1.44. The maximum atomic E-state index is 11.8. The van der Waals surface area contributed by atoms with E-state index in [1.165, 1.54) is 0 Å². The number of hydrogen-bond acceptors (Lipinski definition) is 4. The Balaban J connectivity index is 0.000000330. The van der Waals surface area contributed by atoms with Crippen LogP contribution in [0, 0.1) is 6.92 Å². The molecule has 0 bridgehead atoms. The van der Waals surface area contributed by atoms with Gasteiger partial charge in [0.2, 0.25) is 11.1 Å². The van der Waals surface area contributed by atoms with Crippen LogP contribution in [0.25, 0.3) is 0 Å². The molecule has 0 saturated carbocycles. The Hall–Kier alpha value is -2.46. The van der Waals surface area contributed by atoms with E-state index in [1.54, 1.807) is 12.1 Å². The van der Waals surface area contributed by atoms with Gasteiger partial charge in [-0.25, -0.2) is 9.53 Å². The molecule has 7 N–H and O–H groups in total. The molecule has 33 heavy (non-hydrogen) atoms. The highest BCUT2D eigenvalue weighted by molar-refractivity contribution is 7.80. The Kier molecular flexibility index (Phi) is 15.6. The van der Waals surface area contributed by atoms with Crippen molar-refractivity contribution in [2.24, 2.45) is 0 Å². The summed E-state index contributed by atoms with van der Waals surface area (Å²) in [6.45, 7) is 15.0. The monoisotopic (exact) mass is 478 g/mol. The van der Waals surface area contributed by atoms with Crippen molar-refractivity contribution < 1.29 is 18.7 Å². The van der Waals surface area contributed by atoms with Gasteiger partial charge in [0.15, 0.2) is 6.29 Å². The standard InChI is InChI=1S/C13H12O2S.C11H28N6/c1-11-7-9-12(10-8-11)15-16(14)13-5-3-2-4-6-13;1-5-12-10(13-6-2)16-9-17-11(14-7-3)15-8-4/h2-10H,1H3;10,12-13,16H,5-9H2,1-4H3,(H2,14,15,17)/p+2. The Morgan fingerprint density at radius 3 is 2.12 bits per heavy atom. The number of nitrogens with one attached hydrogen (secondary N) is 5. The van der Waals surface area contributed by atoms with Gasteiger partial charge in [-0.2, -0.15) is 0 Å². The first-order chi connectivity index (χ1) is 16.0. The molecular weight excluding hydrogens is 436 g/mol. The maximum absolute atomic E-state index is 11.8. The average Bonchev–Trinajstić information content (AvgIpc) is 2.82. The van der Waals surface area contributed by atoms with Crippen LogP contribution in [0.15, 0.2) is 59.5 Å². The highest BCUT2D eigenvalue weighted by Crippen LogP contribution is 2.15. The molecule has 0 aliphatic heterocycles. The largest absolute Gasteiger partial charge is 0.397 e. The van der Waals surface area contributed by atoms with E-state index < -0.39 is 11.1 Å². The highest BCUT2D eigenvalue weighted by atomic mass is 32.2. The molecule has 2 aromatic carbocycles. The van der Waals surface area contributed by atoms with Gasteiger partial charge in [0.1, 0.15) is 12.4 Å². The van der Waals surface area contributed by atoms with Crippen LogP contribution in [-0.4, -0.2) is 49.3 Å². The van der Waals surface area contributed by atoms with Gasteiger partial charge in [0, 0.05) is 0 Å². The summed E-state index contributed by atoms with van der Waals surface area (Å²) in [4.78, 5) is 3.96. The first-order valence-corrected chi connectivity index (χ1v) is 12.7. The highest BCUT2D eigenvalue weighted by Gasteiger charge is 2.08. The first-order valence-electron chi connectivity index (χ1n) is 11.6. The van der Waals surface area contributed by atoms with Crippen molar-refractivity contribution in [3.05, 3.63) is 60.2 Å². The lowest BCUT2D eigenvalue weighted by atomic mass is 10.2. The Labute approximate surface area is 201 Å². The summed E-state index contributed by atoms with van der Waals surface area (Å²) < 4.78 is 17.1. The summed E-state index contributed by atoms with van der Waals surface area (Å²) in [7, 11) is 0. The van der Waals surface area contributed by atoms with Gasteiger partial charge in [0.25, 0.3) is 0 Å². The van der Waals surface area contributed by atoms with E-state index in [2.05, 4.69) is 59.3 Å². The van der Waals surface area contributed by atoms with Crippen LogP contribution in [0.1, 0.15) is 33.3 Å². The smallest absolute Gasteiger partial charge is 0.344 e. The van der Waals surface area contributed by atoms with Gasteiger partial charge >= 0.3 is 5.96 Å². The third-order valence-electron chi connectivity index (χ3n) is 4.32. The van der Waals surface area contributed by atoms with Crippen LogP contribution in [0.5, 0.6) is 5.75 Å². The Morgan fingerprint density at radius 1 is 0.939 bits per heavy atom. The molecule has 2 rings (SSSR count). The second kappa shape index (κ2) is 18.0. The molecule has 0 heterocycles. The van der Waals surface area contributed by atoms with Gasteiger partial charge < -0.3 is 9.50 Å². The fraction of sp³-hybridized carbons (Fsp3) is 0.458. The van der Waals surface area contributed by atoms with Crippen molar-refractivity contribution in [2.75, 3.05) is 32.8 Å². The van der Waals surface area contributed by atoms with E-state index in [-0.39, 0.29) is 6.29 Å². The van der Waals surface area contributed by atoms with Crippen LogP contribution >= 0.6 is 0 Å². The van der Waals surface area contributed by atoms with E-state index >= 15 is 0 Å². The van der Waals surface area contributed by atoms with Crippen LogP contribution in [0.3, 0.4) is 0 Å². The number of benzene rings is 2. The number of aryl methyl sites for hydroxylation is 1.